The summed E-state index contributed by atoms with van der Waals surface area (Å²) in [5.41, 5.74) is 0.441. The predicted octanol–water partition coefficient (Wildman–Crippen LogP) is 4.31. The van der Waals surface area contributed by atoms with Gasteiger partial charge in [0.2, 0.25) is 20.0 Å². The molecule has 0 heterocycles. The second-order valence-corrected chi connectivity index (χ2v) is 14.0. The van der Waals surface area contributed by atoms with Crippen LogP contribution in [0.15, 0.2) is 0 Å². The number of nitrogens with two attached hydrogens (primary N) is 2. The van der Waals surface area contributed by atoms with E-state index in [-0.39, 0.29) is 22.3 Å². The molecule has 0 aliphatic carbocycles. The van der Waals surface area contributed by atoms with Crippen molar-refractivity contribution >= 4 is 20.0 Å². The van der Waals surface area contributed by atoms with Gasteiger partial charge in [-0.2, -0.15) is 0 Å². The lowest BCUT2D eigenvalue weighted by molar-refractivity contribution is 0.119. The van der Waals surface area contributed by atoms with Crippen LogP contribution in [0.3, 0.4) is 0 Å². The second-order valence-electron chi connectivity index (χ2n) is 10.5. The van der Waals surface area contributed by atoms with Crippen molar-refractivity contribution in [3.05, 3.63) is 0 Å². The fourth-order valence-corrected chi connectivity index (χ4v) is 4.99. The molecule has 0 aromatic heterocycles. The third-order valence-electron chi connectivity index (χ3n) is 5.85. The molecule has 0 saturated heterocycles. The largest absolute Gasteiger partial charge is 0.381 e. The zero-order valence-corrected chi connectivity index (χ0v) is 22.0. The fraction of sp³-hybridized carbons (Fsp3) is 1.00. The van der Waals surface area contributed by atoms with Gasteiger partial charge < -0.3 is 4.74 Å². The monoisotopic (exact) mass is 484 g/mol. The molecular formula is C22H48N2O5S2. The molecule has 0 aromatic carbocycles. The highest BCUT2D eigenvalue weighted by molar-refractivity contribution is 7.89. The summed E-state index contributed by atoms with van der Waals surface area (Å²) < 4.78 is 49.6. The molecule has 0 saturated carbocycles. The van der Waals surface area contributed by atoms with Gasteiger partial charge in [0.25, 0.3) is 0 Å². The molecule has 0 aliphatic heterocycles. The van der Waals surface area contributed by atoms with Gasteiger partial charge in [-0.1, -0.05) is 53.4 Å². The molecular weight excluding hydrogens is 436 g/mol. The SMILES string of the molecule is CC(C)(CCCCOCCCCC(C)(C)CCCCS(N)(=O)=O)CCCCS(N)(=O)=O. The lowest BCUT2D eigenvalue weighted by Gasteiger charge is -2.25. The Morgan fingerprint density at radius 2 is 0.839 bits per heavy atom. The molecule has 7 nitrogen and oxygen atoms in total. The number of hydrogen-bond acceptors (Lipinski definition) is 5. The van der Waals surface area contributed by atoms with Crippen molar-refractivity contribution in [3.63, 3.8) is 0 Å². The zero-order chi connectivity index (χ0) is 24.0. The van der Waals surface area contributed by atoms with E-state index in [0.717, 1.165) is 77.4 Å². The lowest BCUT2D eigenvalue weighted by atomic mass is 9.82. The number of primary sulfonamides is 2. The second kappa shape index (κ2) is 14.8. The minimum atomic E-state index is -3.34. The van der Waals surface area contributed by atoms with Gasteiger partial charge in [-0.05, 0) is 62.2 Å². The van der Waals surface area contributed by atoms with Gasteiger partial charge in [-0.25, -0.2) is 27.1 Å². The standard InChI is InChI=1S/C22H48N2O5S2/c1-21(2,15-7-11-19-30(23,25)26)13-5-9-17-29-18-10-6-14-22(3,4)16-8-12-20-31(24,27)28/h5-20H2,1-4H3,(H2,23,25,26)(H2,24,27,28). The summed E-state index contributed by atoms with van der Waals surface area (Å²) in [6.45, 7) is 10.5. The van der Waals surface area contributed by atoms with E-state index >= 15 is 0 Å². The van der Waals surface area contributed by atoms with Crippen LogP contribution < -0.4 is 10.3 Å². The Balaban J connectivity index is 3.65. The number of hydrogen-bond donors (Lipinski definition) is 2. The third-order valence-corrected chi connectivity index (χ3v) is 7.56. The van der Waals surface area contributed by atoms with Gasteiger partial charge in [-0.15, -0.1) is 0 Å². The molecule has 0 spiro atoms. The van der Waals surface area contributed by atoms with Crippen molar-refractivity contribution in [2.24, 2.45) is 21.1 Å². The fourth-order valence-electron chi connectivity index (χ4n) is 3.78. The summed E-state index contributed by atoms with van der Waals surface area (Å²) in [6.07, 6.45) is 11.7. The van der Waals surface area contributed by atoms with Crippen molar-refractivity contribution in [1.29, 1.82) is 0 Å². The maximum Gasteiger partial charge on any atom is 0.209 e. The predicted molar refractivity (Wildman–Crippen MR) is 130 cm³/mol. The van der Waals surface area contributed by atoms with Crippen LogP contribution in [0.2, 0.25) is 0 Å². The lowest BCUT2D eigenvalue weighted by Crippen LogP contribution is -2.17. The topological polar surface area (TPSA) is 130 Å². The van der Waals surface area contributed by atoms with E-state index in [4.69, 9.17) is 15.0 Å². The van der Waals surface area contributed by atoms with Gasteiger partial charge in [0, 0.05) is 13.2 Å². The van der Waals surface area contributed by atoms with E-state index < -0.39 is 20.0 Å². The Labute approximate surface area is 192 Å². The molecule has 0 rings (SSSR count). The first-order chi connectivity index (χ1) is 14.1. The molecule has 0 atom stereocenters. The third kappa shape index (κ3) is 22.8. The van der Waals surface area contributed by atoms with Crippen molar-refractivity contribution in [3.8, 4) is 0 Å². The maximum atomic E-state index is 11.0. The van der Waals surface area contributed by atoms with Crippen LogP contribution >= 0.6 is 0 Å². The number of rotatable bonds is 20. The molecule has 0 radical (unpaired) electrons. The quantitative estimate of drug-likeness (QED) is 0.249. The van der Waals surface area contributed by atoms with Crippen LogP contribution in [0.25, 0.3) is 0 Å². The highest BCUT2D eigenvalue weighted by Gasteiger charge is 2.18. The summed E-state index contributed by atoms with van der Waals surface area (Å²) in [5.74, 6) is 0.152. The van der Waals surface area contributed by atoms with E-state index in [0.29, 0.717) is 12.8 Å². The Kier molecular flexibility index (Phi) is 14.7. The van der Waals surface area contributed by atoms with Crippen molar-refractivity contribution in [2.45, 2.75) is 105 Å². The highest BCUT2D eigenvalue weighted by atomic mass is 32.2. The molecule has 0 fully saturated rings. The van der Waals surface area contributed by atoms with E-state index in [1.807, 2.05) is 0 Å². The first-order valence-corrected chi connectivity index (χ1v) is 15.1. The molecule has 0 unspecified atom stereocenters. The van der Waals surface area contributed by atoms with Crippen LogP contribution in [-0.2, 0) is 24.8 Å². The van der Waals surface area contributed by atoms with Gasteiger partial charge in [-0.3, -0.25) is 0 Å². The summed E-state index contributed by atoms with van der Waals surface area (Å²) in [4.78, 5) is 0. The maximum absolute atomic E-state index is 11.0. The molecule has 9 heteroatoms. The average Bonchev–Trinajstić information content (AvgIpc) is 2.59. The minimum absolute atomic E-state index is 0.0761. The summed E-state index contributed by atoms with van der Waals surface area (Å²) in [5, 5.41) is 10.1. The summed E-state index contributed by atoms with van der Waals surface area (Å²) in [6, 6.07) is 0. The molecule has 31 heavy (non-hydrogen) atoms. The molecule has 188 valence electrons. The zero-order valence-electron chi connectivity index (χ0n) is 20.3. The Bertz CT molecular complexity index is 616. The minimum Gasteiger partial charge on any atom is -0.381 e. The van der Waals surface area contributed by atoms with Crippen molar-refractivity contribution < 1.29 is 21.6 Å². The Hall–Kier alpha value is -0.220. The van der Waals surface area contributed by atoms with E-state index in [1.165, 1.54) is 0 Å². The van der Waals surface area contributed by atoms with E-state index in [1.54, 1.807) is 0 Å². The Morgan fingerprint density at radius 3 is 1.13 bits per heavy atom. The first kappa shape index (κ1) is 30.8. The molecule has 0 aromatic rings. The number of ether oxygens (including phenoxy) is 1. The average molecular weight is 485 g/mol. The summed E-state index contributed by atoms with van der Waals surface area (Å²) >= 11 is 0. The van der Waals surface area contributed by atoms with E-state index in [2.05, 4.69) is 27.7 Å². The van der Waals surface area contributed by atoms with Gasteiger partial charge >= 0.3 is 0 Å². The molecule has 0 bridgehead atoms. The van der Waals surface area contributed by atoms with E-state index in [9.17, 15) is 16.8 Å². The molecule has 4 N–H and O–H groups in total. The van der Waals surface area contributed by atoms with Gasteiger partial charge in [0.15, 0.2) is 0 Å². The van der Waals surface area contributed by atoms with Gasteiger partial charge in [0.1, 0.15) is 0 Å². The number of unbranched alkanes of at least 4 members (excludes halogenated alkanes) is 4. The molecule has 0 aliphatic rings. The first-order valence-electron chi connectivity index (χ1n) is 11.7. The molecule has 0 amide bonds. The smallest absolute Gasteiger partial charge is 0.209 e. The van der Waals surface area contributed by atoms with Crippen LogP contribution in [-0.4, -0.2) is 41.6 Å². The van der Waals surface area contributed by atoms with Crippen molar-refractivity contribution in [2.75, 3.05) is 24.7 Å². The van der Waals surface area contributed by atoms with Crippen LogP contribution in [0.5, 0.6) is 0 Å². The number of sulfonamides is 2. The Morgan fingerprint density at radius 1 is 0.548 bits per heavy atom. The highest BCUT2D eigenvalue weighted by Crippen LogP contribution is 2.30. The van der Waals surface area contributed by atoms with Crippen LogP contribution in [0.1, 0.15) is 105 Å². The van der Waals surface area contributed by atoms with Crippen molar-refractivity contribution in [1.82, 2.24) is 0 Å². The van der Waals surface area contributed by atoms with Crippen LogP contribution in [0, 0.1) is 10.8 Å². The normalized spacial score (nSPS) is 13.6. The summed E-state index contributed by atoms with van der Waals surface area (Å²) in [7, 11) is -6.67. The van der Waals surface area contributed by atoms with Crippen LogP contribution in [0.4, 0.5) is 0 Å². The van der Waals surface area contributed by atoms with Gasteiger partial charge in [0.05, 0.1) is 11.5 Å².